The lowest BCUT2D eigenvalue weighted by Crippen LogP contribution is -2.45. The van der Waals surface area contributed by atoms with Gasteiger partial charge in [0.2, 0.25) is 0 Å². The maximum atomic E-state index is 12.2. The van der Waals surface area contributed by atoms with E-state index in [2.05, 4.69) is 5.32 Å². The van der Waals surface area contributed by atoms with E-state index in [1.54, 1.807) is 34.6 Å². The SMILES string of the molecule is CCOP(=O)(CSCC(NC(=O)OC(C)(C)C)C(=O)O)OCC. The van der Waals surface area contributed by atoms with Crippen molar-refractivity contribution in [2.24, 2.45) is 0 Å². The Balaban J connectivity index is 4.52. The quantitative estimate of drug-likeness (QED) is 0.564. The fourth-order valence-corrected chi connectivity index (χ4v) is 4.65. The molecule has 1 amide bonds. The highest BCUT2D eigenvalue weighted by Gasteiger charge is 2.27. The van der Waals surface area contributed by atoms with E-state index in [1.807, 2.05) is 0 Å². The number of carboxylic acid groups (broad SMARTS) is 1. The number of carbonyl (C=O) groups is 2. The van der Waals surface area contributed by atoms with Gasteiger partial charge in [0.25, 0.3) is 0 Å². The van der Waals surface area contributed by atoms with Crippen molar-refractivity contribution >= 4 is 31.4 Å². The van der Waals surface area contributed by atoms with Crippen LogP contribution in [-0.4, -0.2) is 53.3 Å². The van der Waals surface area contributed by atoms with Crippen LogP contribution in [0.25, 0.3) is 0 Å². The molecule has 0 fully saturated rings. The Morgan fingerprint density at radius 2 is 1.74 bits per heavy atom. The molecule has 0 saturated heterocycles. The molecule has 0 heterocycles. The molecule has 0 radical (unpaired) electrons. The maximum Gasteiger partial charge on any atom is 0.408 e. The van der Waals surface area contributed by atoms with Gasteiger partial charge >= 0.3 is 19.7 Å². The second-order valence-electron chi connectivity index (χ2n) is 5.48. The van der Waals surface area contributed by atoms with Crippen LogP contribution in [0.15, 0.2) is 0 Å². The van der Waals surface area contributed by atoms with Gasteiger partial charge in [-0.25, -0.2) is 9.59 Å². The van der Waals surface area contributed by atoms with Gasteiger partial charge in [-0.3, -0.25) is 4.57 Å². The van der Waals surface area contributed by atoms with Crippen LogP contribution < -0.4 is 5.32 Å². The summed E-state index contributed by atoms with van der Waals surface area (Å²) in [6, 6.07) is -1.16. The number of rotatable bonds is 10. The minimum atomic E-state index is -3.25. The topological polar surface area (TPSA) is 111 Å². The number of thioether (sulfide) groups is 1. The Morgan fingerprint density at radius 3 is 2.13 bits per heavy atom. The Kier molecular flexibility index (Phi) is 9.84. The van der Waals surface area contributed by atoms with Crippen molar-refractivity contribution in [3.8, 4) is 0 Å². The average molecular weight is 371 g/mol. The summed E-state index contributed by atoms with van der Waals surface area (Å²) in [5.74, 6) is -1.19. The molecule has 0 rings (SSSR count). The summed E-state index contributed by atoms with van der Waals surface area (Å²) in [5.41, 5.74) is -0.714. The molecule has 0 saturated carbocycles. The van der Waals surface area contributed by atoms with Crippen LogP contribution in [0.1, 0.15) is 34.6 Å². The lowest BCUT2D eigenvalue weighted by atomic mass is 10.2. The zero-order chi connectivity index (χ0) is 18.1. The lowest BCUT2D eigenvalue weighted by molar-refractivity contribution is -0.138. The largest absolute Gasteiger partial charge is 0.480 e. The highest BCUT2D eigenvalue weighted by molar-refractivity contribution is 8.04. The molecule has 1 unspecified atom stereocenters. The first-order valence-corrected chi connectivity index (χ1v) is 10.1. The predicted molar refractivity (Wildman–Crippen MR) is 89.0 cm³/mol. The second-order valence-corrected chi connectivity index (χ2v) is 9.00. The highest BCUT2D eigenvalue weighted by atomic mass is 32.2. The molecule has 0 aromatic rings. The van der Waals surface area contributed by atoms with Crippen molar-refractivity contribution in [3.05, 3.63) is 0 Å². The lowest BCUT2D eigenvalue weighted by Gasteiger charge is -2.22. The molecular weight excluding hydrogens is 345 g/mol. The number of ether oxygens (including phenoxy) is 1. The second kappa shape index (κ2) is 10.2. The van der Waals surface area contributed by atoms with Gasteiger partial charge in [-0.15, -0.1) is 11.8 Å². The van der Waals surface area contributed by atoms with Gasteiger partial charge in [0, 0.05) is 5.75 Å². The van der Waals surface area contributed by atoms with Gasteiger partial charge < -0.3 is 24.2 Å². The molecule has 0 aliphatic carbocycles. The van der Waals surface area contributed by atoms with Gasteiger partial charge in [-0.05, 0) is 34.6 Å². The monoisotopic (exact) mass is 371 g/mol. The van der Waals surface area contributed by atoms with Crippen molar-refractivity contribution in [1.29, 1.82) is 0 Å². The molecule has 23 heavy (non-hydrogen) atoms. The first kappa shape index (κ1) is 22.2. The minimum Gasteiger partial charge on any atom is -0.480 e. The van der Waals surface area contributed by atoms with E-state index in [-0.39, 0.29) is 24.5 Å². The summed E-state index contributed by atoms with van der Waals surface area (Å²) in [4.78, 5) is 22.8. The first-order chi connectivity index (χ1) is 10.5. The van der Waals surface area contributed by atoms with Crippen LogP contribution in [0.4, 0.5) is 4.79 Å². The third-order valence-corrected chi connectivity index (χ3v) is 6.04. The van der Waals surface area contributed by atoms with Crippen molar-refractivity contribution in [2.75, 3.05) is 24.5 Å². The molecule has 0 aliphatic heterocycles. The number of aliphatic carboxylic acids is 1. The Hall–Kier alpha value is -0.760. The van der Waals surface area contributed by atoms with Crippen molar-refractivity contribution < 1.29 is 33.0 Å². The molecule has 10 heteroatoms. The van der Waals surface area contributed by atoms with E-state index in [1.165, 1.54) is 0 Å². The van der Waals surface area contributed by atoms with Crippen molar-refractivity contribution in [1.82, 2.24) is 5.32 Å². The summed E-state index contributed by atoms with van der Waals surface area (Å²) in [5, 5.41) is 11.4. The predicted octanol–water partition coefficient (Wildman–Crippen LogP) is 2.92. The standard InChI is InChI=1S/C13H26NO7PS/c1-6-19-22(18,20-7-2)9-23-8-10(11(15)16)14-12(17)21-13(3,4)5/h10H,6-9H2,1-5H3,(H,14,17)(H,15,16). The molecule has 2 N–H and O–H groups in total. The van der Waals surface area contributed by atoms with Crippen LogP contribution in [0.2, 0.25) is 0 Å². The van der Waals surface area contributed by atoms with Crippen LogP contribution >= 0.6 is 19.4 Å². The summed E-state index contributed by atoms with van der Waals surface area (Å²) < 4.78 is 27.5. The molecular formula is C13H26NO7PS. The number of carbonyl (C=O) groups excluding carboxylic acids is 1. The van der Waals surface area contributed by atoms with Gasteiger partial charge in [-0.1, -0.05) is 0 Å². The van der Waals surface area contributed by atoms with E-state index >= 15 is 0 Å². The zero-order valence-electron chi connectivity index (χ0n) is 14.2. The Morgan fingerprint density at radius 1 is 1.22 bits per heavy atom. The molecule has 0 bridgehead atoms. The maximum absolute atomic E-state index is 12.2. The van der Waals surface area contributed by atoms with Crippen LogP contribution in [0.3, 0.4) is 0 Å². The highest BCUT2D eigenvalue weighted by Crippen LogP contribution is 2.50. The van der Waals surface area contributed by atoms with Gasteiger partial charge in [0.1, 0.15) is 11.6 Å². The van der Waals surface area contributed by atoms with Crippen LogP contribution in [0.5, 0.6) is 0 Å². The van der Waals surface area contributed by atoms with Gasteiger partial charge in [0.15, 0.2) is 0 Å². The smallest absolute Gasteiger partial charge is 0.408 e. The number of hydrogen-bond donors (Lipinski definition) is 2. The minimum absolute atomic E-state index is 0.00839. The molecule has 136 valence electrons. The molecule has 1 atom stereocenters. The normalized spacial score (nSPS) is 13.4. The number of hydrogen-bond acceptors (Lipinski definition) is 7. The fraction of sp³-hybridized carbons (Fsp3) is 0.846. The molecule has 0 aromatic carbocycles. The van der Waals surface area contributed by atoms with Gasteiger partial charge in [-0.2, -0.15) is 0 Å². The van der Waals surface area contributed by atoms with Crippen LogP contribution in [-0.2, 0) is 23.1 Å². The Bertz CT molecular complexity index is 429. The van der Waals surface area contributed by atoms with Gasteiger partial charge in [0.05, 0.1) is 18.7 Å². The van der Waals surface area contributed by atoms with E-state index < -0.39 is 31.3 Å². The van der Waals surface area contributed by atoms with Crippen LogP contribution in [0, 0.1) is 0 Å². The Labute approximate surface area is 141 Å². The molecule has 0 aromatic heterocycles. The van der Waals surface area contributed by atoms with E-state index in [0.29, 0.717) is 0 Å². The molecule has 8 nitrogen and oxygen atoms in total. The van der Waals surface area contributed by atoms with E-state index in [9.17, 15) is 14.2 Å². The number of carboxylic acids is 1. The van der Waals surface area contributed by atoms with Crippen molar-refractivity contribution in [3.63, 3.8) is 0 Å². The average Bonchev–Trinajstić information content (AvgIpc) is 2.35. The number of alkyl carbamates (subject to hydrolysis) is 1. The third kappa shape index (κ3) is 10.6. The summed E-state index contributed by atoms with van der Waals surface area (Å²) in [6.45, 7) is 8.89. The molecule has 0 spiro atoms. The number of nitrogens with one attached hydrogen (secondary N) is 1. The summed E-state index contributed by atoms with van der Waals surface area (Å²) in [7, 11) is -3.25. The summed E-state index contributed by atoms with van der Waals surface area (Å²) in [6.07, 6.45) is -0.816. The zero-order valence-corrected chi connectivity index (χ0v) is 15.9. The number of amides is 1. The fourth-order valence-electron chi connectivity index (χ4n) is 1.41. The van der Waals surface area contributed by atoms with Crippen molar-refractivity contribution in [2.45, 2.75) is 46.3 Å². The van der Waals surface area contributed by atoms with E-state index in [0.717, 1.165) is 11.8 Å². The first-order valence-electron chi connectivity index (χ1n) is 7.21. The molecule has 0 aliphatic rings. The third-order valence-electron chi connectivity index (χ3n) is 2.17. The van der Waals surface area contributed by atoms with E-state index in [4.69, 9.17) is 18.9 Å². The summed E-state index contributed by atoms with van der Waals surface area (Å²) >= 11 is 1.07.